The van der Waals surface area contributed by atoms with Crippen molar-refractivity contribution in [3.05, 3.63) is 72.3 Å². The summed E-state index contributed by atoms with van der Waals surface area (Å²) in [7, 11) is 0. The number of fused-ring (bicyclic) bond motifs is 1. The maximum Gasteiger partial charge on any atom is 0.263 e. The molecule has 38 heavy (non-hydrogen) atoms. The average Bonchev–Trinajstić information content (AvgIpc) is 3.40. The number of aromatic nitrogens is 3. The number of rotatable bonds is 8. The molecule has 1 saturated heterocycles. The highest BCUT2D eigenvalue weighted by atomic mass is 16.5. The summed E-state index contributed by atoms with van der Waals surface area (Å²) < 4.78 is 12.2. The van der Waals surface area contributed by atoms with Crippen molar-refractivity contribution in [1.82, 2.24) is 19.9 Å². The summed E-state index contributed by atoms with van der Waals surface area (Å²) in [6.07, 6.45) is 4.15. The van der Waals surface area contributed by atoms with Crippen molar-refractivity contribution in [2.24, 2.45) is 0 Å². The number of carbonyl (C=O) groups excluding carboxylic acids is 1. The van der Waals surface area contributed by atoms with Crippen molar-refractivity contribution >= 4 is 28.3 Å². The Bertz CT molecular complexity index is 1440. The predicted molar refractivity (Wildman–Crippen MR) is 145 cm³/mol. The molecule has 0 spiro atoms. The first-order valence-electron chi connectivity index (χ1n) is 12.7. The Morgan fingerprint density at radius 1 is 1.13 bits per heavy atom. The Balaban J connectivity index is 1.38. The molecule has 9 nitrogen and oxygen atoms in total. The van der Waals surface area contributed by atoms with Gasteiger partial charge in [-0.1, -0.05) is 6.07 Å². The summed E-state index contributed by atoms with van der Waals surface area (Å²) >= 11 is 0. The van der Waals surface area contributed by atoms with Crippen LogP contribution in [-0.4, -0.2) is 56.2 Å². The molecule has 5 rings (SSSR count). The molecule has 196 valence electrons. The summed E-state index contributed by atoms with van der Waals surface area (Å²) in [5.74, 6) is 2.34. The number of aliphatic hydroxyl groups is 1. The number of pyridine rings is 1. The summed E-state index contributed by atoms with van der Waals surface area (Å²) in [4.78, 5) is 27.9. The highest BCUT2D eigenvalue weighted by molar-refractivity contribution is 5.96. The number of aryl methyl sites for hydroxylation is 2. The predicted octanol–water partition coefficient (Wildman–Crippen LogP) is 4.93. The number of aliphatic hydroxyl groups excluding tert-OH is 1. The Labute approximate surface area is 221 Å². The molecule has 2 N–H and O–H groups in total. The molecule has 1 aliphatic rings. The van der Waals surface area contributed by atoms with E-state index in [1.807, 2.05) is 62.4 Å². The molecule has 9 heteroatoms. The molecular weight excluding hydrogens is 482 g/mol. The minimum absolute atomic E-state index is 0.0419. The zero-order chi connectivity index (χ0) is 26.6. The fraction of sp³-hybridized carbons (Fsp3) is 0.310. The lowest BCUT2D eigenvalue weighted by Gasteiger charge is -2.26. The van der Waals surface area contributed by atoms with Crippen LogP contribution in [0, 0.1) is 13.8 Å². The van der Waals surface area contributed by atoms with Gasteiger partial charge < -0.3 is 24.8 Å². The van der Waals surface area contributed by atoms with E-state index in [0.717, 1.165) is 35.5 Å². The molecule has 2 atom stereocenters. The summed E-state index contributed by atoms with van der Waals surface area (Å²) in [6.45, 7) is 6.22. The lowest BCUT2D eigenvalue weighted by molar-refractivity contribution is -0.139. The van der Waals surface area contributed by atoms with Crippen LogP contribution in [0.15, 0.2) is 61.1 Å². The minimum Gasteiger partial charge on any atom is -0.480 e. The molecule has 0 bridgehead atoms. The van der Waals surface area contributed by atoms with Crippen molar-refractivity contribution in [3.8, 4) is 17.2 Å². The van der Waals surface area contributed by atoms with E-state index in [4.69, 9.17) is 9.47 Å². The van der Waals surface area contributed by atoms with Crippen molar-refractivity contribution in [1.29, 1.82) is 0 Å². The van der Waals surface area contributed by atoms with Gasteiger partial charge in [0, 0.05) is 17.9 Å². The largest absolute Gasteiger partial charge is 0.480 e. The molecule has 0 unspecified atom stereocenters. The van der Waals surface area contributed by atoms with E-state index >= 15 is 0 Å². The van der Waals surface area contributed by atoms with E-state index in [2.05, 4.69) is 20.3 Å². The van der Waals surface area contributed by atoms with Gasteiger partial charge in [0.1, 0.15) is 29.4 Å². The topological polar surface area (TPSA) is 110 Å². The molecule has 3 heterocycles. The first kappa shape index (κ1) is 25.4. The normalized spacial score (nSPS) is 15.9. The van der Waals surface area contributed by atoms with Crippen LogP contribution >= 0.6 is 0 Å². The molecule has 0 aliphatic carbocycles. The van der Waals surface area contributed by atoms with Crippen LogP contribution in [0.1, 0.15) is 31.0 Å². The molecule has 4 aromatic rings. The number of nitrogens with one attached hydrogen (secondary N) is 1. The minimum atomic E-state index is -0.726. The number of benzene rings is 2. The van der Waals surface area contributed by atoms with E-state index < -0.39 is 6.10 Å². The number of likely N-dealkylation sites (tertiary alicyclic amines) is 1. The Kier molecular flexibility index (Phi) is 7.37. The molecule has 0 saturated carbocycles. The van der Waals surface area contributed by atoms with E-state index in [1.54, 1.807) is 18.0 Å². The highest BCUT2D eigenvalue weighted by Gasteiger charge is 2.32. The fourth-order valence-electron chi connectivity index (χ4n) is 4.68. The molecule has 0 radical (unpaired) electrons. The molecule has 2 aromatic carbocycles. The van der Waals surface area contributed by atoms with Gasteiger partial charge in [-0.25, -0.2) is 9.97 Å². The van der Waals surface area contributed by atoms with Crippen LogP contribution in [0.5, 0.6) is 17.2 Å². The average molecular weight is 514 g/mol. The van der Waals surface area contributed by atoms with Gasteiger partial charge in [0.2, 0.25) is 0 Å². The van der Waals surface area contributed by atoms with Gasteiger partial charge in [-0.3, -0.25) is 9.78 Å². The zero-order valence-electron chi connectivity index (χ0n) is 21.7. The van der Waals surface area contributed by atoms with E-state index in [9.17, 15) is 9.90 Å². The number of hydrogen-bond donors (Lipinski definition) is 2. The maximum absolute atomic E-state index is 13.1. The second-order valence-electron chi connectivity index (χ2n) is 9.49. The Morgan fingerprint density at radius 3 is 2.76 bits per heavy atom. The van der Waals surface area contributed by atoms with Crippen molar-refractivity contribution in [2.75, 3.05) is 18.5 Å². The van der Waals surface area contributed by atoms with Crippen LogP contribution in [0.2, 0.25) is 0 Å². The van der Waals surface area contributed by atoms with Gasteiger partial charge in [0.15, 0.2) is 6.10 Å². The van der Waals surface area contributed by atoms with Crippen LogP contribution in [0.3, 0.4) is 0 Å². The first-order valence-corrected chi connectivity index (χ1v) is 12.7. The smallest absolute Gasteiger partial charge is 0.263 e. The van der Waals surface area contributed by atoms with Gasteiger partial charge in [0.25, 0.3) is 5.91 Å². The SMILES string of the molecule is Cc1ccc(Oc2ccc(Nc3ncnc4cccc(O[C@H](C)C(=O)N5CCC[C@H]5CO)c34)cc2C)cn1. The number of carbonyl (C=O) groups is 1. The number of nitrogens with zero attached hydrogens (tertiary/aromatic N) is 4. The summed E-state index contributed by atoms with van der Waals surface area (Å²) in [5, 5.41) is 13.7. The van der Waals surface area contributed by atoms with Gasteiger partial charge >= 0.3 is 0 Å². The van der Waals surface area contributed by atoms with E-state index in [-0.39, 0.29) is 18.6 Å². The first-order chi connectivity index (χ1) is 18.4. The monoisotopic (exact) mass is 513 g/mol. The molecule has 1 amide bonds. The van der Waals surface area contributed by atoms with Gasteiger partial charge in [-0.15, -0.1) is 0 Å². The van der Waals surface area contributed by atoms with Gasteiger partial charge in [-0.2, -0.15) is 0 Å². The summed E-state index contributed by atoms with van der Waals surface area (Å²) in [5.41, 5.74) is 3.38. The third kappa shape index (κ3) is 5.38. The Morgan fingerprint density at radius 2 is 2.00 bits per heavy atom. The number of anilines is 2. The van der Waals surface area contributed by atoms with Crippen LogP contribution in [-0.2, 0) is 4.79 Å². The lowest BCUT2D eigenvalue weighted by atomic mass is 10.1. The summed E-state index contributed by atoms with van der Waals surface area (Å²) in [6, 6.07) is 15.0. The molecular formula is C29H31N5O4. The maximum atomic E-state index is 13.1. The molecule has 2 aromatic heterocycles. The Hall–Kier alpha value is -4.24. The van der Waals surface area contributed by atoms with Crippen LogP contribution < -0.4 is 14.8 Å². The van der Waals surface area contributed by atoms with Crippen LogP contribution in [0.4, 0.5) is 11.5 Å². The number of ether oxygens (including phenoxy) is 2. The third-order valence-corrected chi connectivity index (χ3v) is 6.70. The fourth-order valence-corrected chi connectivity index (χ4v) is 4.68. The zero-order valence-corrected chi connectivity index (χ0v) is 21.7. The third-order valence-electron chi connectivity index (χ3n) is 6.70. The number of amides is 1. The van der Waals surface area contributed by atoms with Crippen LogP contribution in [0.25, 0.3) is 10.9 Å². The number of hydrogen-bond acceptors (Lipinski definition) is 8. The van der Waals surface area contributed by atoms with E-state index in [0.29, 0.717) is 34.8 Å². The van der Waals surface area contributed by atoms with Gasteiger partial charge in [0.05, 0.1) is 29.7 Å². The lowest BCUT2D eigenvalue weighted by Crippen LogP contribution is -2.44. The van der Waals surface area contributed by atoms with Crippen molar-refractivity contribution < 1.29 is 19.4 Å². The van der Waals surface area contributed by atoms with Crippen molar-refractivity contribution in [2.45, 2.75) is 45.8 Å². The highest BCUT2D eigenvalue weighted by Crippen LogP contribution is 2.34. The second kappa shape index (κ2) is 11.0. The quantitative estimate of drug-likeness (QED) is 0.341. The van der Waals surface area contributed by atoms with E-state index in [1.165, 1.54) is 6.33 Å². The molecule has 1 fully saturated rings. The van der Waals surface area contributed by atoms with Crippen molar-refractivity contribution in [3.63, 3.8) is 0 Å². The second-order valence-corrected chi connectivity index (χ2v) is 9.49. The standard InChI is InChI=1S/C29H31N5O4/c1-18-14-21(10-12-25(18)38-23-11-9-19(2)30-15-23)33-28-27-24(31-17-32-28)7-4-8-26(27)37-20(3)29(36)34-13-5-6-22(34)16-35/h4,7-12,14-15,17,20,22,35H,5-6,13,16H2,1-3H3,(H,31,32,33)/t20-,22+/m1/s1. The molecule has 1 aliphatic heterocycles. The van der Waals surface area contributed by atoms with Gasteiger partial charge in [-0.05, 0) is 81.6 Å².